The first-order chi connectivity index (χ1) is 7.34. The van der Waals surface area contributed by atoms with Gasteiger partial charge < -0.3 is 4.90 Å². The summed E-state index contributed by atoms with van der Waals surface area (Å²) in [6.45, 7) is 7.21. The predicted octanol–water partition coefficient (Wildman–Crippen LogP) is 3.48. The quantitative estimate of drug-likeness (QED) is 0.469. The molecule has 1 aromatic rings. The predicted molar refractivity (Wildman–Crippen MR) is 82.6 cm³/mol. The minimum atomic E-state index is -1.27. The molecule has 0 radical (unpaired) electrons. The fourth-order valence-corrected chi connectivity index (χ4v) is 11.9. The van der Waals surface area contributed by atoms with Gasteiger partial charge in [0, 0.05) is 14.1 Å². The maximum atomic E-state index is 5.62. The number of hydrogen-bond acceptors (Lipinski definition) is 1. The van der Waals surface area contributed by atoms with Gasteiger partial charge in [0.05, 0.1) is 7.74 Å². The summed E-state index contributed by atoms with van der Waals surface area (Å²) in [5.41, 5.74) is 0. The van der Waals surface area contributed by atoms with Crippen molar-refractivity contribution in [1.82, 2.24) is 4.90 Å². The second-order valence-electron chi connectivity index (χ2n) is 5.02. The normalized spacial score (nSPS) is 13.3. The largest absolute Gasteiger partial charge is 0.369 e. The van der Waals surface area contributed by atoms with E-state index in [9.17, 15) is 0 Å². The van der Waals surface area contributed by atoms with Gasteiger partial charge in [-0.2, -0.15) is 0 Å². The van der Waals surface area contributed by atoms with Gasteiger partial charge in [-0.05, 0) is 12.8 Å². The first-order valence-corrected chi connectivity index (χ1v) is 11.5. The third-order valence-corrected chi connectivity index (χ3v) is 12.0. The summed E-state index contributed by atoms with van der Waals surface area (Å²) in [6, 6.07) is 10.7. The Morgan fingerprint density at radius 1 is 1.12 bits per heavy atom. The number of nitrogens with zero attached hydrogens (tertiary/aromatic N) is 1. The van der Waals surface area contributed by atoms with Crippen LogP contribution >= 0.6 is 19.7 Å². The molecule has 1 rings (SSSR count). The van der Waals surface area contributed by atoms with Gasteiger partial charge >= 0.3 is 0 Å². The second kappa shape index (κ2) is 5.39. The van der Waals surface area contributed by atoms with Crippen molar-refractivity contribution >= 4 is 37.5 Å². The molecule has 0 fully saturated rings. The van der Waals surface area contributed by atoms with E-state index in [1.165, 1.54) is 5.30 Å². The molecule has 16 heavy (non-hydrogen) atoms. The lowest BCUT2D eigenvalue weighted by Crippen LogP contribution is -2.33. The van der Waals surface area contributed by atoms with Crippen molar-refractivity contribution in [2.45, 2.75) is 19.6 Å². The maximum Gasteiger partial charge on any atom is 0.101 e. The molecule has 0 saturated heterocycles. The van der Waals surface area contributed by atoms with Crippen molar-refractivity contribution in [2.24, 2.45) is 0 Å². The highest BCUT2D eigenvalue weighted by molar-refractivity contribution is 8.18. The molecule has 1 nitrogen and oxygen atoms in total. The van der Waals surface area contributed by atoms with E-state index in [4.69, 9.17) is 12.2 Å². The molecule has 0 heterocycles. The lowest BCUT2D eigenvalue weighted by Gasteiger charge is -2.33. The summed E-state index contributed by atoms with van der Waals surface area (Å²) >= 11 is 5.62. The van der Waals surface area contributed by atoms with Crippen LogP contribution in [0.2, 0.25) is 19.6 Å². The van der Waals surface area contributed by atoms with Crippen LogP contribution in [0.4, 0.5) is 0 Å². The smallest absolute Gasteiger partial charge is 0.101 e. The van der Waals surface area contributed by atoms with Crippen molar-refractivity contribution < 1.29 is 0 Å². The Morgan fingerprint density at radius 3 is 2.00 bits per heavy atom. The molecule has 1 unspecified atom stereocenters. The molecule has 0 amide bonds. The highest BCUT2D eigenvalue weighted by atomic mass is 32.1. The Hall–Kier alpha value is -0.243. The van der Waals surface area contributed by atoms with Gasteiger partial charge in [-0.1, -0.05) is 62.2 Å². The third kappa shape index (κ3) is 3.37. The monoisotopic (exact) mass is 269 g/mol. The number of rotatable bonds is 3. The topological polar surface area (TPSA) is 3.24 Å². The number of thiocarbonyl (C=S) groups is 1. The van der Waals surface area contributed by atoms with Gasteiger partial charge in [0.2, 0.25) is 0 Å². The van der Waals surface area contributed by atoms with Crippen molar-refractivity contribution in [3.8, 4) is 0 Å². The van der Waals surface area contributed by atoms with E-state index in [1.807, 2.05) is 0 Å². The van der Waals surface area contributed by atoms with E-state index in [1.54, 1.807) is 0 Å². The van der Waals surface area contributed by atoms with E-state index in [-0.39, 0.29) is 7.47 Å². The molecule has 0 spiro atoms. The average Bonchev–Trinajstić information content (AvgIpc) is 2.17. The molecule has 0 aliphatic carbocycles. The lowest BCUT2D eigenvalue weighted by molar-refractivity contribution is 0.647. The minimum Gasteiger partial charge on any atom is -0.369 e. The van der Waals surface area contributed by atoms with Crippen LogP contribution in [0.1, 0.15) is 0 Å². The number of hydrogen-bond donors (Lipinski definition) is 0. The van der Waals surface area contributed by atoms with Crippen molar-refractivity contribution in [1.29, 1.82) is 0 Å². The van der Waals surface area contributed by atoms with Crippen LogP contribution in [0.15, 0.2) is 30.3 Å². The van der Waals surface area contributed by atoms with Crippen LogP contribution in [0.25, 0.3) is 0 Å². The highest BCUT2D eigenvalue weighted by Gasteiger charge is 2.32. The van der Waals surface area contributed by atoms with Crippen molar-refractivity contribution in [2.75, 3.05) is 14.1 Å². The van der Waals surface area contributed by atoms with E-state index in [0.717, 1.165) is 4.73 Å². The Kier molecular flexibility index (Phi) is 4.66. The lowest BCUT2D eigenvalue weighted by atomic mass is 10.4. The molecule has 0 bridgehead atoms. The summed E-state index contributed by atoms with van der Waals surface area (Å²) in [6.07, 6.45) is 0. The van der Waals surface area contributed by atoms with Crippen LogP contribution in [-0.2, 0) is 0 Å². The first kappa shape index (κ1) is 13.8. The average molecular weight is 269 g/mol. The van der Waals surface area contributed by atoms with Crippen molar-refractivity contribution in [3.63, 3.8) is 0 Å². The summed E-state index contributed by atoms with van der Waals surface area (Å²) in [7, 11) is 2.54. The molecule has 1 aromatic carbocycles. The summed E-state index contributed by atoms with van der Waals surface area (Å²) in [5.74, 6) is 0. The zero-order valence-corrected chi connectivity index (χ0v) is 13.4. The molecule has 0 saturated carbocycles. The van der Waals surface area contributed by atoms with E-state index in [2.05, 4.69) is 69.0 Å². The summed E-state index contributed by atoms with van der Waals surface area (Å²) < 4.78 is 1.13. The summed E-state index contributed by atoms with van der Waals surface area (Å²) in [4.78, 5) is 2.10. The molecular weight excluding hydrogens is 249 g/mol. The standard InChI is InChI=1S/C12H20NPSSi/c1-13(2)12(15)14(16(3,4)5)11-9-7-6-8-10-11/h6-10H,1-5H3. The molecule has 4 heteroatoms. The van der Waals surface area contributed by atoms with Crippen LogP contribution in [-0.4, -0.2) is 31.5 Å². The van der Waals surface area contributed by atoms with Gasteiger partial charge in [-0.25, -0.2) is 0 Å². The van der Waals surface area contributed by atoms with Crippen molar-refractivity contribution in [3.05, 3.63) is 30.3 Å². The fraction of sp³-hybridized carbons (Fsp3) is 0.417. The third-order valence-electron chi connectivity index (χ3n) is 2.26. The Balaban J connectivity index is 3.13. The van der Waals surface area contributed by atoms with E-state index in [0.29, 0.717) is 0 Å². The molecule has 0 aromatic heterocycles. The fourth-order valence-electron chi connectivity index (χ4n) is 1.56. The van der Waals surface area contributed by atoms with Crippen LogP contribution < -0.4 is 5.30 Å². The van der Waals surface area contributed by atoms with Crippen LogP contribution in [0.3, 0.4) is 0 Å². The molecule has 0 aliphatic rings. The van der Waals surface area contributed by atoms with Gasteiger partial charge in [0.1, 0.15) is 4.73 Å². The van der Waals surface area contributed by atoms with Gasteiger partial charge in [0.15, 0.2) is 0 Å². The van der Waals surface area contributed by atoms with Gasteiger partial charge in [-0.15, -0.1) is 0 Å². The van der Waals surface area contributed by atoms with Crippen LogP contribution in [0, 0.1) is 0 Å². The molecule has 88 valence electrons. The molecule has 0 aliphatic heterocycles. The SMILES string of the molecule is CN(C)C(=S)P(c1ccccc1)[Si](C)(C)C. The van der Waals surface area contributed by atoms with E-state index < -0.39 is 7.74 Å². The van der Waals surface area contributed by atoms with E-state index >= 15 is 0 Å². The minimum absolute atomic E-state index is 0.301. The first-order valence-electron chi connectivity index (χ1n) is 5.40. The Labute approximate surface area is 106 Å². The van der Waals surface area contributed by atoms with Gasteiger partial charge in [0.25, 0.3) is 0 Å². The Bertz CT molecular complexity index is 359. The molecular formula is C12H20NPSSi. The highest BCUT2D eigenvalue weighted by Crippen LogP contribution is 2.47. The maximum absolute atomic E-state index is 5.62. The van der Waals surface area contributed by atoms with Gasteiger partial charge in [-0.3, -0.25) is 0 Å². The number of benzene rings is 1. The zero-order valence-electron chi connectivity index (χ0n) is 10.7. The Morgan fingerprint density at radius 2 is 1.62 bits per heavy atom. The zero-order chi connectivity index (χ0) is 12.3. The molecule has 0 N–H and O–H groups in total. The summed E-state index contributed by atoms with van der Waals surface area (Å²) in [5, 5.41) is 1.43. The second-order valence-corrected chi connectivity index (χ2v) is 17.0. The van der Waals surface area contributed by atoms with Crippen LogP contribution in [0.5, 0.6) is 0 Å². The molecule has 1 atom stereocenters.